The molecule has 0 amide bonds. The van der Waals surface area contributed by atoms with Gasteiger partial charge in [0.1, 0.15) is 5.41 Å². The summed E-state index contributed by atoms with van der Waals surface area (Å²) in [5, 5.41) is 0.242. The minimum Gasteiger partial charge on any atom is -0.306 e. The van der Waals surface area contributed by atoms with Gasteiger partial charge in [-0.3, -0.25) is 0 Å². The number of rotatable bonds is 2. The summed E-state index contributed by atoms with van der Waals surface area (Å²) in [4.78, 5) is 10.6. The third kappa shape index (κ3) is 2.15. The van der Waals surface area contributed by atoms with Gasteiger partial charge in [0.15, 0.2) is 0 Å². The van der Waals surface area contributed by atoms with Gasteiger partial charge in [-0.2, -0.15) is 0 Å². The summed E-state index contributed by atoms with van der Waals surface area (Å²) in [6.45, 7) is 0. The molecule has 0 spiro atoms. The Morgan fingerprint density at radius 2 is 1.90 bits per heavy atom. The van der Waals surface area contributed by atoms with Crippen LogP contribution in [0.15, 0.2) is 30.3 Å². The fourth-order valence-corrected chi connectivity index (χ4v) is 1.11. The van der Waals surface area contributed by atoms with Crippen LogP contribution in [0.2, 0.25) is 0 Å². The molecule has 0 aromatic heterocycles. The zero-order valence-corrected chi connectivity index (χ0v) is 7.12. The van der Waals surface area contributed by atoms with Crippen LogP contribution >= 0.6 is 0 Å². The number of benzene rings is 1. The summed E-state index contributed by atoms with van der Waals surface area (Å²) in [5.41, 5.74) is 1.10. The second-order valence-electron chi connectivity index (χ2n) is 2.20. The maximum atomic E-state index is 10.6. The predicted octanol–water partition coefficient (Wildman–Crippen LogP) is 0.389. The zero-order valence-electron chi connectivity index (χ0n) is 5.71. The SMILES string of the molecule is O=C([SiH2])Cc1ccccc1. The second-order valence-corrected chi connectivity index (χ2v) is 2.99. The van der Waals surface area contributed by atoms with E-state index in [1.165, 1.54) is 10.2 Å². The molecule has 1 nitrogen and oxygen atoms in total. The van der Waals surface area contributed by atoms with E-state index in [9.17, 15) is 4.79 Å². The molecular weight excluding hydrogens is 140 g/mol. The Kier molecular flexibility index (Phi) is 2.40. The van der Waals surface area contributed by atoms with Crippen molar-refractivity contribution < 1.29 is 4.79 Å². The average molecular weight is 149 g/mol. The molecule has 0 unspecified atom stereocenters. The predicted molar refractivity (Wildman–Crippen MR) is 43.7 cm³/mol. The molecule has 0 fully saturated rings. The molecule has 2 heteroatoms. The molecule has 51 valence electrons. The van der Waals surface area contributed by atoms with Crippen LogP contribution in [0, 0.1) is 0 Å². The molecule has 0 atom stereocenters. The van der Waals surface area contributed by atoms with E-state index in [2.05, 4.69) is 0 Å². The van der Waals surface area contributed by atoms with Gasteiger partial charge < -0.3 is 4.79 Å². The first-order chi connectivity index (χ1) is 4.79. The lowest BCUT2D eigenvalue weighted by molar-refractivity contribution is -0.111. The minimum atomic E-state index is 0.242. The molecule has 1 aromatic carbocycles. The fourth-order valence-electron chi connectivity index (χ4n) is 0.824. The second kappa shape index (κ2) is 3.32. The first-order valence-electron chi connectivity index (χ1n) is 3.18. The largest absolute Gasteiger partial charge is 0.306 e. The molecule has 1 radical (unpaired) electrons. The van der Waals surface area contributed by atoms with Crippen molar-refractivity contribution in [1.82, 2.24) is 0 Å². The standard InChI is InChI=1S/C8H9OSi/c9-8(10)6-7-4-2-1-3-5-7/h1-5H,6,10H2. The molecule has 0 saturated carbocycles. The first kappa shape index (κ1) is 7.22. The van der Waals surface area contributed by atoms with Gasteiger partial charge in [0.05, 0.1) is 10.2 Å². The van der Waals surface area contributed by atoms with Crippen LogP contribution in [-0.4, -0.2) is 15.6 Å². The van der Waals surface area contributed by atoms with E-state index in [1.54, 1.807) is 0 Å². The van der Waals surface area contributed by atoms with Gasteiger partial charge in [-0.15, -0.1) is 0 Å². The average Bonchev–Trinajstić information content (AvgIpc) is 1.88. The summed E-state index contributed by atoms with van der Waals surface area (Å²) in [6.07, 6.45) is 0.569. The maximum absolute atomic E-state index is 10.6. The Morgan fingerprint density at radius 3 is 2.40 bits per heavy atom. The smallest absolute Gasteiger partial charge is 0.106 e. The number of hydrogen-bond acceptors (Lipinski definition) is 1. The third-order valence-corrected chi connectivity index (χ3v) is 1.49. The molecule has 1 rings (SSSR count). The van der Waals surface area contributed by atoms with Crippen LogP contribution in [0.1, 0.15) is 5.56 Å². The molecule has 0 aliphatic rings. The van der Waals surface area contributed by atoms with E-state index in [1.807, 2.05) is 30.3 Å². The quantitative estimate of drug-likeness (QED) is 0.556. The maximum Gasteiger partial charge on any atom is 0.106 e. The van der Waals surface area contributed by atoms with Crippen LogP contribution < -0.4 is 0 Å². The highest BCUT2D eigenvalue weighted by Gasteiger charge is 1.93. The Bertz CT molecular complexity index is 218. The van der Waals surface area contributed by atoms with Gasteiger partial charge in [-0.1, -0.05) is 30.3 Å². The van der Waals surface area contributed by atoms with E-state index in [-0.39, 0.29) is 5.41 Å². The van der Waals surface area contributed by atoms with Gasteiger partial charge >= 0.3 is 0 Å². The number of carbonyl (C=O) groups is 1. The van der Waals surface area contributed by atoms with E-state index < -0.39 is 0 Å². The van der Waals surface area contributed by atoms with E-state index >= 15 is 0 Å². The molecule has 0 bridgehead atoms. The molecular formula is C8H9OSi. The number of carbonyl (C=O) groups excluding carboxylic acids is 1. The Labute approximate surface area is 63.5 Å². The van der Waals surface area contributed by atoms with Crippen molar-refractivity contribution in [1.29, 1.82) is 0 Å². The normalized spacial score (nSPS) is 9.30. The summed E-state index contributed by atoms with van der Waals surface area (Å²) in [6, 6.07) is 9.77. The van der Waals surface area contributed by atoms with Gasteiger partial charge in [0.25, 0.3) is 0 Å². The van der Waals surface area contributed by atoms with Crippen molar-refractivity contribution in [3.05, 3.63) is 35.9 Å². The van der Waals surface area contributed by atoms with Crippen molar-refractivity contribution in [2.75, 3.05) is 0 Å². The van der Waals surface area contributed by atoms with Crippen LogP contribution in [0.3, 0.4) is 0 Å². The van der Waals surface area contributed by atoms with Gasteiger partial charge in [-0.25, -0.2) is 0 Å². The fraction of sp³-hybridized carbons (Fsp3) is 0.125. The van der Waals surface area contributed by atoms with Crippen molar-refractivity contribution in [3.63, 3.8) is 0 Å². The molecule has 0 aliphatic carbocycles. The van der Waals surface area contributed by atoms with Crippen molar-refractivity contribution in [3.8, 4) is 0 Å². The first-order valence-corrected chi connectivity index (χ1v) is 3.88. The van der Waals surface area contributed by atoms with E-state index in [0.717, 1.165) is 5.56 Å². The molecule has 10 heavy (non-hydrogen) atoms. The molecule has 0 saturated heterocycles. The Morgan fingerprint density at radius 1 is 1.30 bits per heavy atom. The Balaban J connectivity index is 2.67. The summed E-state index contributed by atoms with van der Waals surface area (Å²) >= 11 is 0. The lowest BCUT2D eigenvalue weighted by atomic mass is 10.2. The van der Waals surface area contributed by atoms with Crippen LogP contribution in [-0.2, 0) is 11.2 Å². The summed E-state index contributed by atoms with van der Waals surface area (Å²) < 4.78 is 0. The van der Waals surface area contributed by atoms with E-state index in [4.69, 9.17) is 0 Å². The van der Waals surface area contributed by atoms with E-state index in [0.29, 0.717) is 6.42 Å². The van der Waals surface area contributed by atoms with Gasteiger partial charge in [0, 0.05) is 6.42 Å². The summed E-state index contributed by atoms with van der Waals surface area (Å²) in [5.74, 6) is 0. The lowest BCUT2D eigenvalue weighted by Gasteiger charge is -1.93. The zero-order chi connectivity index (χ0) is 7.40. The molecule has 0 heterocycles. The lowest BCUT2D eigenvalue weighted by Crippen LogP contribution is -2.00. The Hall–Kier alpha value is -0.893. The van der Waals surface area contributed by atoms with Crippen molar-refractivity contribution in [2.45, 2.75) is 6.42 Å². The molecule has 1 aromatic rings. The molecule has 0 aliphatic heterocycles. The highest BCUT2D eigenvalue weighted by molar-refractivity contribution is 6.57. The van der Waals surface area contributed by atoms with Crippen LogP contribution in [0.5, 0.6) is 0 Å². The monoisotopic (exact) mass is 149 g/mol. The highest BCUT2D eigenvalue weighted by atomic mass is 28.1. The molecule has 0 N–H and O–H groups in total. The number of hydrogen-bond donors (Lipinski definition) is 0. The van der Waals surface area contributed by atoms with Gasteiger partial charge in [0.2, 0.25) is 0 Å². The minimum absolute atomic E-state index is 0.242. The van der Waals surface area contributed by atoms with Crippen molar-refractivity contribution in [2.24, 2.45) is 0 Å². The van der Waals surface area contributed by atoms with Crippen LogP contribution in [0.25, 0.3) is 0 Å². The van der Waals surface area contributed by atoms with Crippen LogP contribution in [0.4, 0.5) is 0 Å². The third-order valence-electron chi connectivity index (χ3n) is 1.24. The summed E-state index contributed by atoms with van der Waals surface area (Å²) in [7, 11) is 1.42. The van der Waals surface area contributed by atoms with Gasteiger partial charge in [-0.05, 0) is 5.56 Å². The highest BCUT2D eigenvalue weighted by Crippen LogP contribution is 1.98. The topological polar surface area (TPSA) is 17.1 Å². The van der Waals surface area contributed by atoms with Crippen molar-refractivity contribution >= 4 is 15.6 Å².